The summed E-state index contributed by atoms with van der Waals surface area (Å²) in [5.74, 6) is -1.00. The van der Waals surface area contributed by atoms with E-state index < -0.39 is 63.2 Å². The van der Waals surface area contributed by atoms with E-state index in [2.05, 4.69) is 21.3 Å². The van der Waals surface area contributed by atoms with E-state index in [4.69, 9.17) is 58.5 Å². The molecule has 16 nitrogen and oxygen atoms in total. The summed E-state index contributed by atoms with van der Waals surface area (Å²) in [6.07, 6.45) is 5.30. The van der Waals surface area contributed by atoms with Crippen LogP contribution < -0.4 is 35.5 Å². The third-order valence-corrected chi connectivity index (χ3v) is 17.7. The summed E-state index contributed by atoms with van der Waals surface area (Å²) in [6, 6.07) is 29.4. The SMILES string of the molecule is C.CC(C)(C)OC(=O)N1CC=C(c2cccc3c2OC(C)(c2ccc(Cl)cc2F)C(=O)N3)CC1.CC(C)(C)OC(=O)N1CCC(c2cccc3c2OC(C)(c2ccc(Cl)cc2F)C(=O)N3)CC1.CC1(c2ccc(Cl)cc2F)Oc2c(cccc2C2CCNCC2)NC1=O.[V].[V]. The van der Waals surface area contributed by atoms with Crippen LogP contribution in [0.5, 0.6) is 17.2 Å². The molecule has 0 spiro atoms. The number of amides is 5. The van der Waals surface area contributed by atoms with Gasteiger partial charge in [0.15, 0.2) is 5.75 Å². The number of nitrogens with one attached hydrogen (secondary N) is 4. The van der Waals surface area contributed by atoms with Crippen molar-refractivity contribution in [2.45, 2.75) is 142 Å². The van der Waals surface area contributed by atoms with E-state index in [1.54, 1.807) is 41.8 Å². The van der Waals surface area contributed by atoms with Gasteiger partial charge in [-0.25, -0.2) is 22.8 Å². The number of piperidine rings is 2. The predicted molar refractivity (Wildman–Crippen MR) is 355 cm³/mol. The summed E-state index contributed by atoms with van der Waals surface area (Å²) in [4.78, 5) is 66.8. The van der Waals surface area contributed by atoms with E-state index in [1.807, 2.05) is 90.1 Å². The minimum absolute atomic E-state index is 0. The van der Waals surface area contributed by atoms with Crippen LogP contribution >= 0.6 is 34.8 Å². The topological polar surface area (TPSA) is 186 Å². The number of hydrogen-bond acceptors (Lipinski definition) is 11. The number of nitrogens with zero attached hydrogens (tertiary/aromatic N) is 2. The number of benzene rings is 6. The molecule has 3 atom stereocenters. The van der Waals surface area contributed by atoms with Gasteiger partial charge in [0.1, 0.15) is 40.2 Å². The van der Waals surface area contributed by atoms with Gasteiger partial charge in [-0.3, -0.25) is 14.4 Å². The molecule has 2 radical (unpaired) electrons. The fourth-order valence-corrected chi connectivity index (χ4v) is 12.5. The van der Waals surface area contributed by atoms with Gasteiger partial charge < -0.3 is 54.8 Å². The van der Waals surface area contributed by atoms with Gasteiger partial charge in [-0.1, -0.05) is 103 Å². The Morgan fingerprint density at radius 1 is 0.526 bits per heavy atom. The summed E-state index contributed by atoms with van der Waals surface area (Å²) in [5, 5.41) is 12.7. The van der Waals surface area contributed by atoms with Gasteiger partial charge in [-0.2, -0.15) is 0 Å². The molecule has 5 amide bonds. The van der Waals surface area contributed by atoms with Gasteiger partial charge in [0.2, 0.25) is 16.8 Å². The Balaban J connectivity index is 0.000000200. The maximum absolute atomic E-state index is 14.7. The second kappa shape index (κ2) is 30.3. The van der Waals surface area contributed by atoms with Crippen LogP contribution in [0, 0.1) is 17.5 Å². The molecule has 95 heavy (non-hydrogen) atoms. The Morgan fingerprint density at radius 2 is 0.895 bits per heavy atom. The first-order chi connectivity index (χ1) is 43.4. The number of carbonyl (C=O) groups is 5. The van der Waals surface area contributed by atoms with Gasteiger partial charge >= 0.3 is 12.2 Å². The molecule has 504 valence electrons. The van der Waals surface area contributed by atoms with Crippen LogP contribution in [0.25, 0.3) is 5.57 Å². The normalized spacial score (nSPS) is 20.7. The first kappa shape index (κ1) is 75.6. The van der Waals surface area contributed by atoms with Crippen molar-refractivity contribution < 1.29 is 97.9 Å². The van der Waals surface area contributed by atoms with Crippen molar-refractivity contribution >= 4 is 87.3 Å². The smallest absolute Gasteiger partial charge is 0.410 e. The maximum atomic E-state index is 14.7. The van der Waals surface area contributed by atoms with Crippen LogP contribution in [0.15, 0.2) is 115 Å². The predicted octanol–water partition coefficient (Wildman–Crippen LogP) is 16.4. The van der Waals surface area contributed by atoms with Crippen LogP contribution in [0.1, 0.15) is 147 Å². The number of rotatable bonds is 6. The largest absolute Gasteiger partial charge is 0.470 e. The van der Waals surface area contributed by atoms with Crippen molar-refractivity contribution in [3.05, 3.63) is 181 Å². The van der Waals surface area contributed by atoms with Gasteiger partial charge in [0.05, 0.1) is 17.1 Å². The Labute approximate surface area is 591 Å². The molecule has 12 rings (SSSR count). The molecule has 4 N–H and O–H groups in total. The molecule has 0 aromatic heterocycles. The fourth-order valence-electron chi connectivity index (χ4n) is 12.1. The summed E-state index contributed by atoms with van der Waals surface area (Å²) in [5.41, 5.74) is 0.160. The second-order valence-electron chi connectivity index (χ2n) is 25.9. The van der Waals surface area contributed by atoms with Crippen molar-refractivity contribution in [1.29, 1.82) is 0 Å². The third-order valence-electron chi connectivity index (χ3n) is 17.0. The standard InChI is InChI=1S/C25H28ClFN2O4.C25H26ClFN2O4.C20H20ClFN2O2.CH4.2V/c2*1-24(2,3)33-23(31)29-12-10-15(11-13-29)17-6-5-7-20-21(17)32-25(4,22(30)28-20)18-9-8-16(26)14-19(18)27;1-20(15-6-5-13(21)11-16(15)22)19(25)24-17-4-2-3-14(18(17)26-20)12-7-9-23-10-8-12;;;/h5-9,14-15H,10-13H2,1-4H3,(H,28,30);5-10,14H,11-13H2,1-4H3,(H,28,30);2-6,11-12,23H,7-10H2,1H3,(H,24,25);1H4;;. The number of halogens is 6. The number of ether oxygens (including phenoxy) is 5. The van der Waals surface area contributed by atoms with E-state index in [0.29, 0.717) is 72.8 Å². The van der Waals surface area contributed by atoms with Crippen molar-refractivity contribution in [3.8, 4) is 17.2 Å². The molecule has 2 fully saturated rings. The Bertz CT molecular complexity index is 3920. The van der Waals surface area contributed by atoms with Crippen molar-refractivity contribution in [3.63, 3.8) is 0 Å². The maximum Gasteiger partial charge on any atom is 0.410 e. The van der Waals surface area contributed by atoms with E-state index in [0.717, 1.165) is 67.1 Å². The average molecular weight is 1440 g/mol. The second-order valence-corrected chi connectivity index (χ2v) is 27.3. The zero-order chi connectivity index (χ0) is 66.2. The first-order valence-corrected chi connectivity index (χ1v) is 31.7. The van der Waals surface area contributed by atoms with Gasteiger partial charge in [-0.05, 0) is 191 Å². The quantitative estimate of drug-likeness (QED) is 0.124. The van der Waals surface area contributed by atoms with Crippen LogP contribution in [0.2, 0.25) is 15.1 Å². The van der Waals surface area contributed by atoms with Crippen molar-refractivity contribution in [2.75, 3.05) is 55.2 Å². The molecule has 0 bridgehead atoms. The number of fused-ring (bicyclic) bond motifs is 3. The summed E-state index contributed by atoms with van der Waals surface area (Å²) in [6.45, 7) is 19.6. The van der Waals surface area contributed by atoms with Crippen LogP contribution in [0.3, 0.4) is 0 Å². The Kier molecular flexibility index (Phi) is 24.1. The van der Waals surface area contributed by atoms with Gasteiger partial charge in [0.25, 0.3) is 17.7 Å². The number of likely N-dealkylation sites (tertiary alicyclic amines) is 1. The minimum Gasteiger partial charge on any atom is -0.470 e. The Morgan fingerprint density at radius 3 is 1.27 bits per heavy atom. The van der Waals surface area contributed by atoms with Crippen LogP contribution in [0.4, 0.5) is 39.8 Å². The van der Waals surface area contributed by atoms with Crippen molar-refractivity contribution in [1.82, 2.24) is 15.1 Å². The monoisotopic (exact) mass is 1440 g/mol. The third kappa shape index (κ3) is 16.6. The molecule has 0 saturated carbocycles. The molecular formula is C71H78Cl3F3N6O10V2. The number of para-hydroxylation sites is 3. The molecule has 3 unspecified atom stereocenters. The van der Waals surface area contributed by atoms with Gasteiger partial charge in [-0.15, -0.1) is 0 Å². The summed E-state index contributed by atoms with van der Waals surface area (Å²) in [7, 11) is 0. The van der Waals surface area contributed by atoms with E-state index in [1.165, 1.54) is 49.4 Å². The summed E-state index contributed by atoms with van der Waals surface area (Å²) >= 11 is 17.6. The zero-order valence-electron chi connectivity index (χ0n) is 53.5. The zero-order valence-corrected chi connectivity index (χ0v) is 58.6. The molecule has 6 aromatic rings. The van der Waals surface area contributed by atoms with Gasteiger partial charge in [0, 0.05) is 101 Å². The summed E-state index contributed by atoms with van der Waals surface area (Å²) < 4.78 is 73.6. The number of anilines is 3. The molecular weight excluding hydrogens is 1360 g/mol. The molecule has 0 aliphatic carbocycles. The minimum atomic E-state index is -1.57. The molecule has 2 saturated heterocycles. The van der Waals surface area contributed by atoms with E-state index in [9.17, 15) is 37.1 Å². The first-order valence-electron chi connectivity index (χ1n) is 30.6. The molecule has 6 aliphatic rings. The van der Waals surface area contributed by atoms with Crippen molar-refractivity contribution in [2.24, 2.45) is 0 Å². The number of hydrogen-bond donors (Lipinski definition) is 4. The van der Waals surface area contributed by atoms with E-state index in [-0.39, 0.29) is 94.4 Å². The van der Waals surface area contributed by atoms with Crippen LogP contribution in [-0.4, -0.2) is 90.2 Å². The fraction of sp³-hybridized carbons (Fsp3) is 0.394. The number of carbonyl (C=O) groups excluding carboxylic acids is 5. The average Bonchev–Trinajstić information content (AvgIpc) is 0.762. The molecule has 6 heterocycles. The molecule has 6 aromatic carbocycles. The Hall–Kier alpha value is -6.80. The molecule has 6 aliphatic heterocycles. The van der Waals surface area contributed by atoms with E-state index >= 15 is 0 Å². The molecule has 24 heteroatoms. The van der Waals surface area contributed by atoms with Crippen LogP contribution in [-0.2, 0) is 77.8 Å².